The molecule has 13 heteroatoms. The summed E-state index contributed by atoms with van der Waals surface area (Å²) in [7, 11) is 0. The van der Waals surface area contributed by atoms with Gasteiger partial charge < -0.3 is 9.47 Å². The highest BCUT2D eigenvalue weighted by Crippen LogP contribution is 2.38. The molecule has 0 aliphatic rings. The minimum absolute atomic E-state index is 0.240. The highest BCUT2D eigenvalue weighted by molar-refractivity contribution is 14.1. The Balaban J connectivity index is 1.18. The Labute approximate surface area is 370 Å². The summed E-state index contributed by atoms with van der Waals surface area (Å²) in [4.78, 5) is 0. The van der Waals surface area contributed by atoms with Gasteiger partial charge in [0, 0.05) is 17.9 Å². The number of halogens is 11. The molecule has 53 heavy (non-hydrogen) atoms. The standard InChI is InChI=1S/C40H23F6I5O2/c1-21-18-28(52-39(41,42)43)12-16-30(21)22-2-6-24(7-3-22)32-14-10-26(35(48)37(32)50)19-27-11-15-33(38(51)36(27)49)25-8-4-23(5-9-25)31-17-13-29(20-34(31)47)53-40(44,45)46/h2-18,20H,19H2,1H3. The first-order valence-electron chi connectivity index (χ1n) is 15.5. The lowest BCUT2D eigenvalue weighted by molar-refractivity contribution is -0.275. The molecule has 0 aliphatic carbocycles. The SMILES string of the molecule is Cc1cc(OC(F)(F)F)ccc1-c1ccc(-c2ccc(Cc3ccc(-c4ccc(-c5ccc(OC(F)(F)F)cc5I)cc4)c(I)c3I)c(I)c2I)cc1. The van der Waals surface area contributed by atoms with Gasteiger partial charge in [-0.3, -0.25) is 0 Å². The predicted molar refractivity (Wildman–Crippen MR) is 239 cm³/mol. The number of aryl methyl sites for hydroxylation is 1. The van der Waals surface area contributed by atoms with Crippen LogP contribution in [-0.4, -0.2) is 12.7 Å². The molecule has 0 amide bonds. The molecule has 0 aromatic heterocycles. The molecule has 6 rings (SSSR count). The monoisotopic (exact) mass is 1280 g/mol. The van der Waals surface area contributed by atoms with E-state index >= 15 is 0 Å². The van der Waals surface area contributed by atoms with E-state index in [0.717, 1.165) is 58.1 Å². The quantitative estimate of drug-likeness (QED) is 0.112. The van der Waals surface area contributed by atoms with Crippen molar-refractivity contribution in [3.05, 3.63) is 144 Å². The van der Waals surface area contributed by atoms with Crippen molar-refractivity contribution in [1.82, 2.24) is 0 Å². The molecule has 6 aromatic rings. The van der Waals surface area contributed by atoms with Crippen LogP contribution in [0.15, 0.2) is 109 Å². The van der Waals surface area contributed by atoms with Crippen molar-refractivity contribution in [3.8, 4) is 56.0 Å². The summed E-state index contributed by atoms with van der Waals surface area (Å²) in [6, 6.07) is 33.3. The Morgan fingerprint density at radius 3 is 1.19 bits per heavy atom. The number of hydrogen-bond donors (Lipinski definition) is 0. The van der Waals surface area contributed by atoms with Crippen LogP contribution in [0, 0.1) is 24.8 Å². The van der Waals surface area contributed by atoms with Gasteiger partial charge >= 0.3 is 12.7 Å². The van der Waals surface area contributed by atoms with E-state index in [1.165, 1.54) is 42.5 Å². The molecule has 0 atom stereocenters. The molecule has 0 aliphatic heterocycles. The Morgan fingerprint density at radius 2 is 0.792 bits per heavy atom. The average Bonchev–Trinajstić information content (AvgIpc) is 3.08. The van der Waals surface area contributed by atoms with Gasteiger partial charge in [-0.1, -0.05) is 78.9 Å². The predicted octanol–water partition coefficient (Wildman–Crippen LogP) is 15.1. The van der Waals surface area contributed by atoms with Gasteiger partial charge in [0.1, 0.15) is 11.5 Å². The number of rotatable bonds is 8. The second-order valence-corrected chi connectivity index (χ2v) is 17.3. The summed E-state index contributed by atoms with van der Waals surface area (Å²) in [5.41, 5.74) is 10.8. The van der Waals surface area contributed by atoms with Crippen molar-refractivity contribution in [2.45, 2.75) is 26.1 Å². The second-order valence-electron chi connectivity index (χ2n) is 11.8. The van der Waals surface area contributed by atoms with Crippen LogP contribution >= 0.6 is 113 Å². The van der Waals surface area contributed by atoms with Gasteiger partial charge in [-0.25, -0.2) is 0 Å². The second kappa shape index (κ2) is 16.7. The minimum Gasteiger partial charge on any atom is -0.406 e. The first kappa shape index (κ1) is 40.8. The van der Waals surface area contributed by atoms with Gasteiger partial charge in [0.05, 0.1) is 0 Å². The van der Waals surface area contributed by atoms with E-state index in [-0.39, 0.29) is 11.5 Å². The molecule has 0 bridgehead atoms. The average molecular weight is 1280 g/mol. The molecule has 0 saturated heterocycles. The van der Waals surface area contributed by atoms with Crippen LogP contribution in [0.2, 0.25) is 0 Å². The lowest BCUT2D eigenvalue weighted by Crippen LogP contribution is -2.17. The van der Waals surface area contributed by atoms with Crippen molar-refractivity contribution in [2.24, 2.45) is 0 Å². The highest BCUT2D eigenvalue weighted by atomic mass is 127. The molecular formula is C40H23F6I5O2. The Kier molecular flexibility index (Phi) is 12.9. The Bertz CT molecular complexity index is 2140. The maximum absolute atomic E-state index is 12.7. The maximum atomic E-state index is 12.7. The van der Waals surface area contributed by atoms with Crippen molar-refractivity contribution >= 4 is 113 Å². The largest absolute Gasteiger partial charge is 0.573 e. The van der Waals surface area contributed by atoms with Crippen molar-refractivity contribution in [3.63, 3.8) is 0 Å². The van der Waals surface area contributed by atoms with E-state index in [9.17, 15) is 26.3 Å². The molecule has 0 fully saturated rings. The summed E-state index contributed by atoms with van der Waals surface area (Å²) in [5, 5.41) is 0. The van der Waals surface area contributed by atoms with Gasteiger partial charge in [-0.2, -0.15) is 0 Å². The summed E-state index contributed by atoms with van der Waals surface area (Å²) < 4.78 is 89.3. The molecule has 0 heterocycles. The van der Waals surface area contributed by atoms with Gasteiger partial charge in [0.25, 0.3) is 0 Å². The van der Waals surface area contributed by atoms with E-state index in [1.807, 2.05) is 71.1 Å². The lowest BCUT2D eigenvalue weighted by Gasteiger charge is -2.16. The third-order valence-electron chi connectivity index (χ3n) is 8.32. The molecule has 0 N–H and O–H groups in total. The summed E-state index contributed by atoms with van der Waals surface area (Å²) in [5.74, 6) is -0.488. The molecule has 0 unspecified atom stereocenters. The van der Waals surface area contributed by atoms with Crippen molar-refractivity contribution in [1.29, 1.82) is 0 Å². The smallest absolute Gasteiger partial charge is 0.406 e. The van der Waals surface area contributed by atoms with Crippen molar-refractivity contribution in [2.75, 3.05) is 0 Å². The third kappa shape index (κ3) is 9.94. The molecule has 0 spiro atoms. The fraction of sp³-hybridized carbons (Fsp3) is 0.100. The molecule has 0 radical (unpaired) electrons. The zero-order valence-corrected chi connectivity index (χ0v) is 37.9. The van der Waals surface area contributed by atoms with Gasteiger partial charge in [-0.05, 0) is 218 Å². The van der Waals surface area contributed by atoms with Crippen LogP contribution in [0.25, 0.3) is 44.5 Å². The highest BCUT2D eigenvalue weighted by Gasteiger charge is 2.32. The molecule has 6 aromatic carbocycles. The zero-order chi connectivity index (χ0) is 38.2. The lowest BCUT2D eigenvalue weighted by atomic mass is 9.96. The molecule has 0 saturated carbocycles. The normalized spacial score (nSPS) is 11.8. The van der Waals surface area contributed by atoms with Crippen LogP contribution in [0.1, 0.15) is 16.7 Å². The number of benzene rings is 6. The van der Waals surface area contributed by atoms with Gasteiger partial charge in [0.2, 0.25) is 0 Å². The van der Waals surface area contributed by atoms with Gasteiger partial charge in [-0.15, -0.1) is 26.3 Å². The number of ether oxygens (including phenoxy) is 2. The maximum Gasteiger partial charge on any atom is 0.573 e. The Morgan fingerprint density at radius 1 is 0.434 bits per heavy atom. The minimum atomic E-state index is -4.74. The fourth-order valence-corrected chi connectivity index (χ4v) is 9.64. The first-order valence-corrected chi connectivity index (χ1v) is 20.9. The summed E-state index contributed by atoms with van der Waals surface area (Å²) in [6.45, 7) is 1.76. The molecule has 272 valence electrons. The van der Waals surface area contributed by atoms with Crippen LogP contribution in [0.5, 0.6) is 11.5 Å². The summed E-state index contributed by atoms with van der Waals surface area (Å²) in [6.07, 6.45) is -8.72. The first-order chi connectivity index (χ1) is 25.0. The van der Waals surface area contributed by atoms with E-state index in [1.54, 1.807) is 19.1 Å². The number of hydrogen-bond acceptors (Lipinski definition) is 2. The van der Waals surface area contributed by atoms with E-state index in [0.29, 0.717) is 9.13 Å². The van der Waals surface area contributed by atoms with Crippen LogP contribution in [-0.2, 0) is 6.42 Å². The van der Waals surface area contributed by atoms with Crippen molar-refractivity contribution < 1.29 is 35.8 Å². The number of alkyl halides is 6. The van der Waals surface area contributed by atoms with E-state index in [4.69, 9.17) is 0 Å². The molecular weight excluding hydrogens is 1260 g/mol. The fourth-order valence-electron chi connectivity index (χ4n) is 5.85. The topological polar surface area (TPSA) is 18.5 Å². The molecule has 2 nitrogen and oxygen atoms in total. The van der Waals surface area contributed by atoms with Crippen LogP contribution in [0.4, 0.5) is 26.3 Å². The van der Waals surface area contributed by atoms with Crippen LogP contribution < -0.4 is 9.47 Å². The Hall–Kier alpha value is -1.85. The zero-order valence-electron chi connectivity index (χ0n) is 27.1. The van der Waals surface area contributed by atoms with Gasteiger partial charge in [0.15, 0.2) is 0 Å². The third-order valence-corrected chi connectivity index (χ3v) is 16.0. The van der Waals surface area contributed by atoms with E-state index in [2.05, 4.69) is 124 Å². The van der Waals surface area contributed by atoms with E-state index < -0.39 is 12.7 Å². The summed E-state index contributed by atoms with van der Waals surface area (Å²) >= 11 is 11.6. The van der Waals surface area contributed by atoms with Crippen LogP contribution in [0.3, 0.4) is 0 Å².